The van der Waals surface area contributed by atoms with Crippen LogP contribution in [0.2, 0.25) is 0 Å². The van der Waals surface area contributed by atoms with Gasteiger partial charge in [0.05, 0.1) is 0 Å². The smallest absolute Gasteiger partial charge is 0.309 e. The molecule has 114 valence electrons. The van der Waals surface area contributed by atoms with Gasteiger partial charge in [-0.2, -0.15) is 0 Å². The molecule has 0 bridgehead atoms. The number of carbonyl (C=O) groups excluding carboxylic acids is 2. The normalized spacial score (nSPS) is 10.0. The van der Waals surface area contributed by atoms with Gasteiger partial charge >= 0.3 is 11.8 Å². The second-order valence-corrected chi connectivity index (χ2v) is 5.16. The van der Waals surface area contributed by atoms with Gasteiger partial charge in [-0.1, -0.05) is 60.2 Å². The van der Waals surface area contributed by atoms with E-state index in [0.717, 1.165) is 16.7 Å². The Kier molecular flexibility index (Phi) is 5.72. The minimum atomic E-state index is -0.603. The van der Waals surface area contributed by atoms with E-state index in [0.29, 0.717) is 19.5 Å². The zero-order chi connectivity index (χ0) is 15.8. The van der Waals surface area contributed by atoms with Crippen molar-refractivity contribution in [1.82, 2.24) is 10.6 Å². The van der Waals surface area contributed by atoms with Crippen LogP contribution < -0.4 is 10.6 Å². The van der Waals surface area contributed by atoms with Gasteiger partial charge in [-0.25, -0.2) is 0 Å². The van der Waals surface area contributed by atoms with Crippen LogP contribution in [0.25, 0.3) is 0 Å². The molecule has 2 aromatic rings. The molecule has 0 aliphatic rings. The second kappa shape index (κ2) is 7.98. The summed E-state index contributed by atoms with van der Waals surface area (Å²) in [6.07, 6.45) is 0.706. The van der Waals surface area contributed by atoms with Crippen LogP contribution in [0.1, 0.15) is 16.7 Å². The van der Waals surface area contributed by atoms with E-state index in [2.05, 4.69) is 10.6 Å². The molecule has 0 aliphatic heterocycles. The van der Waals surface area contributed by atoms with Crippen LogP contribution in [0.3, 0.4) is 0 Å². The minimum absolute atomic E-state index is 0.352. The summed E-state index contributed by atoms with van der Waals surface area (Å²) in [4.78, 5) is 23.4. The number of benzene rings is 2. The number of carbonyl (C=O) groups is 2. The third kappa shape index (κ3) is 5.05. The Bertz CT molecular complexity index is 621. The van der Waals surface area contributed by atoms with E-state index < -0.39 is 11.8 Å². The highest BCUT2D eigenvalue weighted by Gasteiger charge is 2.12. The van der Waals surface area contributed by atoms with Crippen molar-refractivity contribution in [2.75, 3.05) is 6.54 Å². The Hall–Kier alpha value is -2.62. The maximum absolute atomic E-state index is 11.7. The van der Waals surface area contributed by atoms with E-state index >= 15 is 0 Å². The van der Waals surface area contributed by atoms with Crippen LogP contribution >= 0.6 is 0 Å². The van der Waals surface area contributed by atoms with E-state index in [-0.39, 0.29) is 0 Å². The first kappa shape index (κ1) is 15.8. The average molecular weight is 296 g/mol. The molecule has 4 nitrogen and oxygen atoms in total. The maximum atomic E-state index is 11.7. The summed E-state index contributed by atoms with van der Waals surface area (Å²) < 4.78 is 0. The Morgan fingerprint density at radius 2 is 1.45 bits per heavy atom. The standard InChI is InChI=1S/C18H20N2O2/c1-14-7-9-16(10-8-14)13-20-18(22)17(21)19-12-11-15-5-3-2-4-6-15/h2-10H,11-13H2,1H3,(H,19,21)(H,20,22). The van der Waals surface area contributed by atoms with E-state index in [1.165, 1.54) is 0 Å². The summed E-state index contributed by atoms with van der Waals surface area (Å²) in [5, 5.41) is 5.24. The Balaban J connectivity index is 1.70. The van der Waals surface area contributed by atoms with Crippen molar-refractivity contribution in [3.8, 4) is 0 Å². The van der Waals surface area contributed by atoms with Gasteiger partial charge in [0, 0.05) is 13.1 Å². The summed E-state index contributed by atoms with van der Waals surface area (Å²) in [7, 11) is 0. The van der Waals surface area contributed by atoms with Crippen molar-refractivity contribution in [3.05, 3.63) is 71.3 Å². The van der Waals surface area contributed by atoms with Crippen molar-refractivity contribution in [1.29, 1.82) is 0 Å². The lowest BCUT2D eigenvalue weighted by Crippen LogP contribution is -2.40. The number of hydrogen-bond acceptors (Lipinski definition) is 2. The number of amides is 2. The van der Waals surface area contributed by atoms with Crippen LogP contribution in [0.5, 0.6) is 0 Å². The van der Waals surface area contributed by atoms with Gasteiger partial charge in [0.2, 0.25) is 0 Å². The third-order valence-corrected chi connectivity index (χ3v) is 3.32. The molecule has 0 radical (unpaired) electrons. The summed E-state index contributed by atoms with van der Waals surface area (Å²) in [6, 6.07) is 17.6. The summed E-state index contributed by atoms with van der Waals surface area (Å²) >= 11 is 0. The van der Waals surface area contributed by atoms with Gasteiger partial charge in [0.25, 0.3) is 0 Å². The monoisotopic (exact) mass is 296 g/mol. The van der Waals surface area contributed by atoms with Crippen LogP contribution in [0, 0.1) is 6.92 Å². The molecule has 0 fully saturated rings. The molecular weight excluding hydrogens is 276 g/mol. The molecule has 22 heavy (non-hydrogen) atoms. The minimum Gasteiger partial charge on any atom is -0.348 e. The van der Waals surface area contributed by atoms with E-state index in [1.54, 1.807) is 0 Å². The quantitative estimate of drug-likeness (QED) is 0.829. The maximum Gasteiger partial charge on any atom is 0.309 e. The molecule has 0 atom stereocenters. The van der Waals surface area contributed by atoms with Crippen molar-refractivity contribution in [3.63, 3.8) is 0 Å². The molecule has 0 aromatic heterocycles. The molecule has 0 unspecified atom stereocenters. The first-order valence-corrected chi connectivity index (χ1v) is 7.30. The van der Waals surface area contributed by atoms with Gasteiger partial charge in [-0.05, 0) is 24.5 Å². The zero-order valence-corrected chi connectivity index (χ0v) is 12.6. The highest BCUT2D eigenvalue weighted by molar-refractivity contribution is 6.35. The average Bonchev–Trinajstić information content (AvgIpc) is 2.55. The highest BCUT2D eigenvalue weighted by atomic mass is 16.2. The van der Waals surface area contributed by atoms with Gasteiger partial charge in [-0.3, -0.25) is 9.59 Å². The Labute approximate surface area is 130 Å². The van der Waals surface area contributed by atoms with Gasteiger partial charge in [0.1, 0.15) is 0 Å². The lowest BCUT2D eigenvalue weighted by molar-refractivity contribution is -0.139. The van der Waals surface area contributed by atoms with Crippen LogP contribution in [0.15, 0.2) is 54.6 Å². The zero-order valence-electron chi connectivity index (χ0n) is 12.6. The molecule has 2 N–H and O–H groups in total. The van der Waals surface area contributed by atoms with E-state index in [9.17, 15) is 9.59 Å². The summed E-state index contributed by atoms with van der Waals surface area (Å²) in [5.41, 5.74) is 3.26. The molecule has 0 saturated carbocycles. The summed E-state index contributed by atoms with van der Waals surface area (Å²) in [6.45, 7) is 2.80. The van der Waals surface area contributed by atoms with Crippen molar-refractivity contribution < 1.29 is 9.59 Å². The Morgan fingerprint density at radius 1 is 0.818 bits per heavy atom. The number of hydrogen-bond donors (Lipinski definition) is 2. The Morgan fingerprint density at radius 3 is 2.14 bits per heavy atom. The van der Waals surface area contributed by atoms with Gasteiger partial charge in [0.15, 0.2) is 0 Å². The number of rotatable bonds is 5. The fourth-order valence-corrected chi connectivity index (χ4v) is 2.01. The predicted molar refractivity (Wildman–Crippen MR) is 86.2 cm³/mol. The first-order valence-electron chi connectivity index (χ1n) is 7.30. The molecular formula is C18H20N2O2. The number of nitrogens with one attached hydrogen (secondary N) is 2. The van der Waals surface area contributed by atoms with Crippen molar-refractivity contribution in [2.24, 2.45) is 0 Å². The summed E-state index contributed by atoms with van der Waals surface area (Å²) in [5.74, 6) is -1.20. The molecule has 0 spiro atoms. The van der Waals surface area contributed by atoms with Crippen LogP contribution in [-0.4, -0.2) is 18.4 Å². The third-order valence-electron chi connectivity index (χ3n) is 3.32. The van der Waals surface area contributed by atoms with Crippen molar-refractivity contribution in [2.45, 2.75) is 19.9 Å². The molecule has 2 rings (SSSR count). The lowest BCUT2D eigenvalue weighted by atomic mass is 10.1. The lowest BCUT2D eigenvalue weighted by Gasteiger charge is -2.07. The van der Waals surface area contributed by atoms with Crippen molar-refractivity contribution >= 4 is 11.8 Å². The highest BCUT2D eigenvalue weighted by Crippen LogP contribution is 2.02. The SMILES string of the molecule is Cc1ccc(CNC(=O)C(=O)NCCc2ccccc2)cc1. The molecule has 4 heteroatoms. The second-order valence-electron chi connectivity index (χ2n) is 5.16. The molecule has 2 aromatic carbocycles. The molecule has 0 saturated heterocycles. The van der Waals surface area contributed by atoms with Crippen LogP contribution in [0.4, 0.5) is 0 Å². The van der Waals surface area contributed by atoms with E-state index in [4.69, 9.17) is 0 Å². The van der Waals surface area contributed by atoms with E-state index in [1.807, 2.05) is 61.5 Å². The first-order chi connectivity index (χ1) is 10.6. The topological polar surface area (TPSA) is 58.2 Å². The van der Waals surface area contributed by atoms with Gasteiger partial charge in [-0.15, -0.1) is 0 Å². The van der Waals surface area contributed by atoms with Crippen LogP contribution in [-0.2, 0) is 22.6 Å². The molecule has 2 amide bonds. The molecule has 0 aliphatic carbocycles. The fourth-order valence-electron chi connectivity index (χ4n) is 2.01. The fraction of sp³-hybridized carbons (Fsp3) is 0.222. The largest absolute Gasteiger partial charge is 0.348 e. The number of aryl methyl sites for hydroxylation is 1. The molecule has 0 heterocycles. The predicted octanol–water partition coefficient (Wildman–Crippen LogP) is 1.97. The van der Waals surface area contributed by atoms with Gasteiger partial charge < -0.3 is 10.6 Å².